The van der Waals surface area contributed by atoms with E-state index in [0.717, 1.165) is 6.20 Å². The van der Waals surface area contributed by atoms with E-state index < -0.39 is 11.0 Å². The van der Waals surface area contributed by atoms with Gasteiger partial charge in [0.2, 0.25) is 0 Å². The molecule has 8 nitrogen and oxygen atoms in total. The van der Waals surface area contributed by atoms with E-state index in [0.29, 0.717) is 26.3 Å². The molecule has 2 N–H and O–H groups in total. The molecule has 0 aliphatic rings. The highest BCUT2D eigenvalue weighted by Crippen LogP contribution is 2.07. The molecule has 0 fully saturated rings. The maximum Gasteiger partial charge on any atom is 0.306 e. The number of nitro groups is 1. The Morgan fingerprint density at radius 1 is 1.72 bits per heavy atom. The zero-order valence-electron chi connectivity index (χ0n) is 10.3. The number of hydrogen-bond donors (Lipinski definition) is 2. The summed E-state index contributed by atoms with van der Waals surface area (Å²) < 4.78 is 6.48. The van der Waals surface area contributed by atoms with Crippen molar-refractivity contribution in [3.63, 3.8) is 0 Å². The van der Waals surface area contributed by atoms with Gasteiger partial charge in [-0.25, -0.2) is 0 Å². The Balaban J connectivity index is 2.22. The fraction of sp³-hybridized carbons (Fsp3) is 0.700. The van der Waals surface area contributed by atoms with E-state index in [4.69, 9.17) is 4.74 Å². The van der Waals surface area contributed by atoms with Crippen molar-refractivity contribution >= 4 is 5.69 Å². The van der Waals surface area contributed by atoms with Crippen molar-refractivity contribution in [3.8, 4) is 0 Å². The molecule has 102 valence electrons. The highest BCUT2D eigenvalue weighted by molar-refractivity contribution is 5.20. The van der Waals surface area contributed by atoms with Gasteiger partial charge in [0.15, 0.2) is 0 Å². The smallest absolute Gasteiger partial charge is 0.306 e. The van der Waals surface area contributed by atoms with Crippen LogP contribution < -0.4 is 5.32 Å². The lowest BCUT2D eigenvalue weighted by molar-refractivity contribution is -0.385. The molecule has 0 radical (unpaired) electrons. The fourth-order valence-electron chi connectivity index (χ4n) is 1.38. The summed E-state index contributed by atoms with van der Waals surface area (Å²) in [6.45, 7) is 4.44. The normalized spacial score (nSPS) is 12.6. The van der Waals surface area contributed by atoms with Crippen molar-refractivity contribution in [3.05, 3.63) is 22.5 Å². The van der Waals surface area contributed by atoms with E-state index in [-0.39, 0.29) is 12.2 Å². The highest BCUT2D eigenvalue weighted by atomic mass is 16.6. The van der Waals surface area contributed by atoms with Crippen molar-refractivity contribution in [2.45, 2.75) is 19.6 Å². The predicted molar refractivity (Wildman–Crippen MR) is 64.3 cm³/mol. The van der Waals surface area contributed by atoms with Crippen LogP contribution in [0.3, 0.4) is 0 Å². The molecule has 0 spiro atoms. The summed E-state index contributed by atoms with van der Waals surface area (Å²) in [4.78, 5) is 9.92. The Hall–Kier alpha value is -1.51. The minimum atomic E-state index is -0.647. The van der Waals surface area contributed by atoms with Crippen molar-refractivity contribution < 1.29 is 14.8 Å². The standard InChI is InChI=1S/C10H18N4O4/c1-2-18-4-3-11-6-10(15)8-13-7-9(5-12-13)14(16)17/h5,7,10-11,15H,2-4,6,8H2,1H3. The summed E-state index contributed by atoms with van der Waals surface area (Å²) in [6, 6.07) is 0. The Bertz CT molecular complexity index is 369. The molecule has 0 aromatic carbocycles. The average Bonchev–Trinajstić information content (AvgIpc) is 2.77. The minimum absolute atomic E-state index is 0.0773. The van der Waals surface area contributed by atoms with E-state index in [1.165, 1.54) is 10.9 Å². The van der Waals surface area contributed by atoms with Crippen LogP contribution in [-0.2, 0) is 11.3 Å². The van der Waals surface area contributed by atoms with E-state index in [9.17, 15) is 15.2 Å². The van der Waals surface area contributed by atoms with Gasteiger partial charge in [0.1, 0.15) is 12.4 Å². The molecular formula is C10H18N4O4. The lowest BCUT2D eigenvalue weighted by Gasteiger charge is -2.11. The molecule has 0 aliphatic carbocycles. The van der Waals surface area contributed by atoms with Crippen LogP contribution >= 0.6 is 0 Å². The maximum absolute atomic E-state index is 10.4. The number of nitrogens with one attached hydrogen (secondary N) is 1. The summed E-state index contributed by atoms with van der Waals surface area (Å²) in [5, 5.41) is 26.9. The van der Waals surface area contributed by atoms with Gasteiger partial charge < -0.3 is 15.2 Å². The van der Waals surface area contributed by atoms with Crippen LogP contribution in [0.5, 0.6) is 0 Å². The molecule has 0 saturated carbocycles. The molecule has 0 saturated heterocycles. The highest BCUT2D eigenvalue weighted by Gasteiger charge is 2.11. The molecule has 1 atom stereocenters. The molecule has 1 rings (SSSR count). The van der Waals surface area contributed by atoms with Gasteiger partial charge in [-0.15, -0.1) is 0 Å². The van der Waals surface area contributed by atoms with Crippen molar-refractivity contribution in [1.82, 2.24) is 15.1 Å². The minimum Gasteiger partial charge on any atom is -0.390 e. The van der Waals surface area contributed by atoms with E-state index in [1.807, 2.05) is 6.92 Å². The first-order valence-electron chi connectivity index (χ1n) is 5.76. The number of aromatic nitrogens is 2. The first-order chi connectivity index (χ1) is 8.63. The summed E-state index contributed by atoms with van der Waals surface area (Å²) in [7, 11) is 0. The Labute approximate surface area is 105 Å². The van der Waals surface area contributed by atoms with Crippen molar-refractivity contribution in [2.24, 2.45) is 0 Å². The summed E-state index contributed by atoms with van der Waals surface area (Å²) >= 11 is 0. The van der Waals surface area contributed by atoms with E-state index in [1.54, 1.807) is 0 Å². The molecule has 0 aliphatic heterocycles. The maximum atomic E-state index is 10.4. The third-order valence-corrected chi connectivity index (χ3v) is 2.24. The van der Waals surface area contributed by atoms with E-state index in [2.05, 4.69) is 10.4 Å². The summed E-state index contributed by atoms with van der Waals surface area (Å²) in [6.07, 6.45) is 1.81. The van der Waals surface area contributed by atoms with Crippen LogP contribution in [0, 0.1) is 10.1 Å². The largest absolute Gasteiger partial charge is 0.390 e. The van der Waals surface area contributed by atoms with Gasteiger partial charge in [-0.05, 0) is 6.92 Å². The number of aliphatic hydroxyl groups excluding tert-OH is 1. The SMILES string of the molecule is CCOCCNCC(O)Cn1cc([N+](=O)[O-])cn1. The lowest BCUT2D eigenvalue weighted by Crippen LogP contribution is -2.32. The van der Waals surface area contributed by atoms with Crippen LogP contribution in [0.2, 0.25) is 0 Å². The first kappa shape index (κ1) is 14.6. The molecule has 8 heteroatoms. The van der Waals surface area contributed by atoms with Gasteiger partial charge >= 0.3 is 5.69 Å². The number of hydrogen-bond acceptors (Lipinski definition) is 6. The molecule has 1 aromatic heterocycles. The van der Waals surface area contributed by atoms with Crippen LogP contribution in [0.4, 0.5) is 5.69 Å². The molecule has 0 amide bonds. The summed E-state index contributed by atoms with van der Waals surface area (Å²) in [5.41, 5.74) is -0.0773. The topological polar surface area (TPSA) is 102 Å². The monoisotopic (exact) mass is 258 g/mol. The third kappa shape index (κ3) is 5.21. The van der Waals surface area contributed by atoms with Gasteiger partial charge in [0, 0.05) is 19.7 Å². The Kier molecular flexibility index (Phi) is 6.26. The van der Waals surface area contributed by atoms with Gasteiger partial charge in [0.25, 0.3) is 0 Å². The zero-order chi connectivity index (χ0) is 13.4. The first-order valence-corrected chi connectivity index (χ1v) is 5.76. The van der Waals surface area contributed by atoms with E-state index >= 15 is 0 Å². The van der Waals surface area contributed by atoms with Crippen molar-refractivity contribution in [2.75, 3.05) is 26.3 Å². The Morgan fingerprint density at radius 3 is 3.11 bits per heavy atom. The molecule has 1 unspecified atom stereocenters. The Morgan fingerprint density at radius 2 is 2.50 bits per heavy atom. The fourth-order valence-corrected chi connectivity index (χ4v) is 1.38. The molecular weight excluding hydrogens is 240 g/mol. The molecule has 1 heterocycles. The predicted octanol–water partition coefficient (Wildman–Crippen LogP) is -0.222. The third-order valence-electron chi connectivity index (χ3n) is 2.24. The second-order valence-electron chi connectivity index (χ2n) is 3.73. The van der Waals surface area contributed by atoms with Gasteiger partial charge in [-0.1, -0.05) is 0 Å². The van der Waals surface area contributed by atoms with Crippen LogP contribution in [-0.4, -0.2) is 52.2 Å². The second kappa shape index (κ2) is 7.75. The van der Waals surface area contributed by atoms with Crippen LogP contribution in [0.1, 0.15) is 6.92 Å². The van der Waals surface area contributed by atoms with Gasteiger partial charge in [-0.2, -0.15) is 5.10 Å². The van der Waals surface area contributed by atoms with Crippen LogP contribution in [0.25, 0.3) is 0 Å². The molecule has 18 heavy (non-hydrogen) atoms. The van der Waals surface area contributed by atoms with Gasteiger partial charge in [-0.3, -0.25) is 14.8 Å². The average molecular weight is 258 g/mol. The quantitative estimate of drug-likeness (QED) is 0.360. The number of rotatable bonds is 9. The number of ether oxygens (including phenoxy) is 1. The number of aliphatic hydroxyl groups is 1. The molecule has 0 bridgehead atoms. The second-order valence-corrected chi connectivity index (χ2v) is 3.73. The van der Waals surface area contributed by atoms with Crippen molar-refractivity contribution in [1.29, 1.82) is 0 Å². The molecule has 1 aromatic rings. The van der Waals surface area contributed by atoms with Gasteiger partial charge in [0.05, 0.1) is 24.2 Å². The zero-order valence-corrected chi connectivity index (χ0v) is 10.3. The number of nitrogens with zero attached hydrogens (tertiary/aromatic N) is 3. The van der Waals surface area contributed by atoms with Crippen LogP contribution in [0.15, 0.2) is 12.4 Å². The lowest BCUT2D eigenvalue weighted by atomic mass is 10.3. The summed E-state index contributed by atoms with van der Waals surface area (Å²) in [5.74, 6) is 0.